The Labute approximate surface area is 100 Å². The molecule has 0 aliphatic heterocycles. The fourth-order valence-electron chi connectivity index (χ4n) is 1.88. The second-order valence-electron chi connectivity index (χ2n) is 4.68. The van der Waals surface area contributed by atoms with Crippen molar-refractivity contribution >= 4 is 5.91 Å². The van der Waals surface area contributed by atoms with Gasteiger partial charge in [-0.2, -0.15) is 0 Å². The molecular formula is C13H17FN2O. The summed E-state index contributed by atoms with van der Waals surface area (Å²) in [5.74, 6) is -0.241. The number of amides is 1. The van der Waals surface area contributed by atoms with Crippen molar-refractivity contribution in [2.24, 2.45) is 11.7 Å². The Morgan fingerprint density at radius 2 is 2.29 bits per heavy atom. The predicted molar refractivity (Wildman–Crippen MR) is 63.9 cm³/mol. The summed E-state index contributed by atoms with van der Waals surface area (Å²) in [6, 6.07) is 4.79. The molecule has 1 aromatic carbocycles. The van der Waals surface area contributed by atoms with Crippen LogP contribution in [0.15, 0.2) is 18.2 Å². The summed E-state index contributed by atoms with van der Waals surface area (Å²) in [5.41, 5.74) is 5.86. The second kappa shape index (κ2) is 4.84. The van der Waals surface area contributed by atoms with Gasteiger partial charge in [-0.3, -0.25) is 4.79 Å². The summed E-state index contributed by atoms with van der Waals surface area (Å²) < 4.78 is 13.6. The van der Waals surface area contributed by atoms with E-state index in [1.807, 2.05) is 0 Å². The third kappa shape index (κ3) is 3.03. The van der Waals surface area contributed by atoms with Gasteiger partial charge in [0, 0.05) is 23.7 Å². The highest BCUT2D eigenvalue weighted by atomic mass is 19.1. The van der Waals surface area contributed by atoms with Crippen LogP contribution in [0, 0.1) is 11.7 Å². The molecule has 1 amide bonds. The third-order valence-electron chi connectivity index (χ3n) is 3.28. The van der Waals surface area contributed by atoms with Crippen LogP contribution in [0.4, 0.5) is 4.39 Å². The molecule has 92 valence electrons. The Hall–Kier alpha value is -1.42. The molecule has 0 bridgehead atoms. The lowest BCUT2D eigenvalue weighted by Crippen LogP contribution is -2.27. The van der Waals surface area contributed by atoms with E-state index < -0.39 is 5.91 Å². The zero-order valence-electron chi connectivity index (χ0n) is 9.87. The van der Waals surface area contributed by atoms with Crippen molar-refractivity contribution in [3.05, 3.63) is 35.1 Å². The van der Waals surface area contributed by atoms with E-state index in [2.05, 4.69) is 12.2 Å². The van der Waals surface area contributed by atoms with Crippen molar-refractivity contribution in [1.82, 2.24) is 5.32 Å². The molecule has 1 atom stereocenters. The van der Waals surface area contributed by atoms with E-state index in [1.165, 1.54) is 18.9 Å². The number of rotatable bonds is 5. The predicted octanol–water partition coefficient (Wildman–Crippen LogP) is 1.81. The number of carbonyl (C=O) groups excluding carboxylic acids is 1. The van der Waals surface area contributed by atoms with Crippen LogP contribution >= 0.6 is 0 Å². The summed E-state index contributed by atoms with van der Waals surface area (Å²) >= 11 is 0. The number of halogens is 1. The van der Waals surface area contributed by atoms with Crippen LogP contribution in [0.25, 0.3) is 0 Å². The highest BCUT2D eigenvalue weighted by molar-refractivity contribution is 5.92. The lowest BCUT2D eigenvalue weighted by molar-refractivity contribution is 0.1000. The second-order valence-corrected chi connectivity index (χ2v) is 4.68. The van der Waals surface area contributed by atoms with Crippen molar-refractivity contribution in [1.29, 1.82) is 0 Å². The molecule has 0 aromatic heterocycles. The summed E-state index contributed by atoms with van der Waals surface area (Å²) in [6.07, 6.45) is 2.52. The molecule has 1 saturated carbocycles. The van der Waals surface area contributed by atoms with Gasteiger partial charge in [0.25, 0.3) is 0 Å². The summed E-state index contributed by atoms with van der Waals surface area (Å²) in [4.78, 5) is 10.9. The molecular weight excluding hydrogens is 219 g/mol. The molecule has 0 radical (unpaired) electrons. The third-order valence-corrected chi connectivity index (χ3v) is 3.28. The largest absolute Gasteiger partial charge is 0.366 e. The van der Waals surface area contributed by atoms with Gasteiger partial charge >= 0.3 is 0 Å². The van der Waals surface area contributed by atoms with Gasteiger partial charge in [-0.1, -0.05) is 6.07 Å². The minimum Gasteiger partial charge on any atom is -0.366 e. The number of primary amides is 1. The maximum atomic E-state index is 13.6. The first-order valence-electron chi connectivity index (χ1n) is 5.89. The molecule has 0 spiro atoms. The molecule has 1 fully saturated rings. The van der Waals surface area contributed by atoms with Crippen molar-refractivity contribution in [3.63, 3.8) is 0 Å². The van der Waals surface area contributed by atoms with Crippen LogP contribution < -0.4 is 11.1 Å². The highest BCUT2D eigenvalue weighted by Gasteiger charge is 2.27. The van der Waals surface area contributed by atoms with E-state index >= 15 is 0 Å². The number of hydrogen-bond acceptors (Lipinski definition) is 2. The van der Waals surface area contributed by atoms with E-state index in [4.69, 9.17) is 5.73 Å². The monoisotopic (exact) mass is 236 g/mol. The lowest BCUT2D eigenvalue weighted by atomic mass is 10.1. The molecule has 3 N–H and O–H groups in total. The van der Waals surface area contributed by atoms with E-state index in [9.17, 15) is 9.18 Å². The zero-order chi connectivity index (χ0) is 12.4. The number of benzene rings is 1. The average Bonchev–Trinajstić information content (AvgIpc) is 3.10. The summed E-state index contributed by atoms with van der Waals surface area (Å²) in [5, 5.41) is 3.29. The molecule has 3 nitrogen and oxygen atoms in total. The van der Waals surface area contributed by atoms with Crippen LogP contribution in [0.2, 0.25) is 0 Å². The minimum atomic E-state index is -0.602. The standard InChI is InChI=1S/C13H17FN2O/c1-8(9-2-3-9)16-7-11-5-4-10(13(15)17)6-12(11)14/h4-6,8-9,16H,2-3,7H2,1H3,(H2,15,17). The van der Waals surface area contributed by atoms with Crippen molar-refractivity contribution in [2.45, 2.75) is 32.4 Å². The Bertz CT molecular complexity index is 429. The molecule has 17 heavy (non-hydrogen) atoms. The number of carbonyl (C=O) groups is 1. The van der Waals surface area contributed by atoms with Crippen LogP contribution in [0.5, 0.6) is 0 Å². The topological polar surface area (TPSA) is 55.1 Å². The maximum absolute atomic E-state index is 13.6. The summed E-state index contributed by atoms with van der Waals surface area (Å²) in [7, 11) is 0. The van der Waals surface area contributed by atoms with Gasteiger partial charge in [0.1, 0.15) is 5.82 Å². The van der Waals surface area contributed by atoms with Gasteiger partial charge in [0.15, 0.2) is 0 Å². The smallest absolute Gasteiger partial charge is 0.248 e. The fourth-order valence-corrected chi connectivity index (χ4v) is 1.88. The molecule has 1 aliphatic carbocycles. The molecule has 1 aromatic rings. The zero-order valence-corrected chi connectivity index (χ0v) is 9.87. The van der Waals surface area contributed by atoms with Crippen molar-refractivity contribution in [2.75, 3.05) is 0 Å². The average molecular weight is 236 g/mol. The molecule has 0 saturated heterocycles. The molecule has 0 heterocycles. The Morgan fingerprint density at radius 3 is 2.82 bits per heavy atom. The van der Waals surface area contributed by atoms with Crippen molar-refractivity contribution < 1.29 is 9.18 Å². The number of nitrogens with one attached hydrogen (secondary N) is 1. The Kier molecular flexibility index (Phi) is 3.43. The maximum Gasteiger partial charge on any atom is 0.248 e. The van der Waals surface area contributed by atoms with Crippen molar-refractivity contribution in [3.8, 4) is 0 Å². The first kappa shape index (κ1) is 12.0. The van der Waals surface area contributed by atoms with Crippen LogP contribution in [0.1, 0.15) is 35.7 Å². The minimum absolute atomic E-state index is 0.210. The molecule has 2 rings (SSSR count). The van der Waals surface area contributed by atoms with Gasteiger partial charge in [-0.15, -0.1) is 0 Å². The van der Waals surface area contributed by atoms with E-state index in [-0.39, 0.29) is 11.4 Å². The van der Waals surface area contributed by atoms with E-state index in [0.29, 0.717) is 18.2 Å². The first-order valence-corrected chi connectivity index (χ1v) is 5.89. The quantitative estimate of drug-likeness (QED) is 0.819. The molecule has 1 aliphatic rings. The fraction of sp³-hybridized carbons (Fsp3) is 0.462. The lowest BCUT2D eigenvalue weighted by Gasteiger charge is -2.13. The normalized spacial score (nSPS) is 16.8. The van der Waals surface area contributed by atoms with Gasteiger partial charge in [0.2, 0.25) is 5.91 Å². The van der Waals surface area contributed by atoms with Gasteiger partial charge in [0.05, 0.1) is 0 Å². The number of hydrogen-bond donors (Lipinski definition) is 2. The van der Waals surface area contributed by atoms with Gasteiger partial charge < -0.3 is 11.1 Å². The van der Waals surface area contributed by atoms with Crippen LogP contribution in [0.3, 0.4) is 0 Å². The SMILES string of the molecule is CC(NCc1ccc(C(N)=O)cc1F)C1CC1. The van der Waals surface area contributed by atoms with E-state index in [1.54, 1.807) is 12.1 Å². The van der Waals surface area contributed by atoms with E-state index in [0.717, 1.165) is 5.92 Å². The Balaban J connectivity index is 1.98. The van der Waals surface area contributed by atoms with Crippen LogP contribution in [-0.2, 0) is 6.54 Å². The van der Waals surface area contributed by atoms with Gasteiger partial charge in [-0.25, -0.2) is 4.39 Å². The highest BCUT2D eigenvalue weighted by Crippen LogP contribution is 2.32. The first-order chi connectivity index (χ1) is 8.08. The molecule has 4 heteroatoms. The Morgan fingerprint density at radius 1 is 1.59 bits per heavy atom. The van der Waals surface area contributed by atoms with Crippen LogP contribution in [-0.4, -0.2) is 11.9 Å². The van der Waals surface area contributed by atoms with Gasteiger partial charge in [-0.05, 0) is 37.8 Å². The summed E-state index contributed by atoms with van der Waals surface area (Å²) in [6.45, 7) is 2.61. The molecule has 1 unspecified atom stereocenters. The number of nitrogens with two attached hydrogens (primary N) is 1.